The Morgan fingerprint density at radius 3 is 2.74 bits per heavy atom. The maximum atomic E-state index is 12.3. The lowest BCUT2D eigenvalue weighted by atomic mass is 10.1. The Kier molecular flexibility index (Phi) is 5.67. The van der Waals surface area contributed by atoms with Crippen LogP contribution < -0.4 is 0 Å². The number of nitro benzene ring substituents is 1. The monoisotopic (exact) mass is 406 g/mol. The normalized spacial score (nSPS) is 15.8. The van der Waals surface area contributed by atoms with E-state index in [1.54, 1.807) is 12.1 Å². The van der Waals surface area contributed by atoms with Gasteiger partial charge in [-0.1, -0.05) is 24.9 Å². The highest BCUT2D eigenvalue weighted by Gasteiger charge is 2.34. The van der Waals surface area contributed by atoms with Crippen LogP contribution in [0.15, 0.2) is 39.7 Å². The van der Waals surface area contributed by atoms with E-state index in [2.05, 4.69) is 0 Å². The molecule has 0 N–H and O–H groups in total. The lowest BCUT2D eigenvalue weighted by molar-refractivity contribution is -0.384. The molecule has 1 aromatic heterocycles. The molecule has 2 aromatic rings. The quantitative estimate of drug-likeness (QED) is 0.365. The maximum Gasteiger partial charge on any atom is 0.293 e. The summed E-state index contributed by atoms with van der Waals surface area (Å²) in [5.41, 5.74) is 0.384. The van der Waals surface area contributed by atoms with Gasteiger partial charge in [-0.25, -0.2) is 0 Å². The van der Waals surface area contributed by atoms with E-state index in [1.165, 1.54) is 29.2 Å². The fourth-order valence-electron chi connectivity index (χ4n) is 2.53. The van der Waals surface area contributed by atoms with Crippen molar-refractivity contribution in [3.63, 3.8) is 0 Å². The lowest BCUT2D eigenvalue weighted by Gasteiger charge is -2.10. The number of nitrogens with zero attached hydrogens (tertiary/aromatic N) is 2. The number of carbonyl (C=O) groups excluding carboxylic acids is 2. The Balaban J connectivity index is 1.82. The summed E-state index contributed by atoms with van der Waals surface area (Å²) in [5.74, 6) is 0.469. The molecule has 3 rings (SSSR count). The highest BCUT2D eigenvalue weighted by Crippen LogP contribution is 2.35. The average Bonchev–Trinajstić information content (AvgIpc) is 3.18. The second-order valence-corrected chi connectivity index (χ2v) is 7.21. The molecule has 0 spiro atoms. The molecule has 1 aliphatic heterocycles. The zero-order valence-electron chi connectivity index (χ0n) is 14.3. The number of benzene rings is 1. The summed E-state index contributed by atoms with van der Waals surface area (Å²) < 4.78 is 5.69. The van der Waals surface area contributed by atoms with Gasteiger partial charge in [0.2, 0.25) is 0 Å². The minimum absolute atomic E-state index is 0.115. The minimum atomic E-state index is -0.530. The fraction of sp³-hybridized carbons (Fsp3) is 0.222. The summed E-state index contributed by atoms with van der Waals surface area (Å²) in [4.78, 5) is 36.1. The topological polar surface area (TPSA) is 93.7 Å². The van der Waals surface area contributed by atoms with E-state index in [-0.39, 0.29) is 21.9 Å². The Morgan fingerprint density at radius 2 is 2.07 bits per heavy atom. The van der Waals surface area contributed by atoms with Crippen LogP contribution in [0.4, 0.5) is 10.5 Å². The van der Waals surface area contributed by atoms with Crippen LogP contribution in [0.5, 0.6) is 0 Å². The third-order valence-electron chi connectivity index (χ3n) is 3.94. The number of halogens is 1. The van der Waals surface area contributed by atoms with Gasteiger partial charge in [0.15, 0.2) is 0 Å². The first-order valence-corrected chi connectivity index (χ1v) is 9.39. The third kappa shape index (κ3) is 4.06. The summed E-state index contributed by atoms with van der Waals surface area (Å²) >= 11 is 6.99. The van der Waals surface area contributed by atoms with Crippen LogP contribution in [0.25, 0.3) is 17.4 Å². The van der Waals surface area contributed by atoms with Crippen molar-refractivity contribution in [2.24, 2.45) is 0 Å². The van der Waals surface area contributed by atoms with Crippen LogP contribution in [0.1, 0.15) is 25.5 Å². The van der Waals surface area contributed by atoms with Crippen molar-refractivity contribution in [1.82, 2.24) is 4.90 Å². The number of amides is 2. The largest absolute Gasteiger partial charge is 0.457 e. The van der Waals surface area contributed by atoms with Crippen LogP contribution in [-0.2, 0) is 4.79 Å². The van der Waals surface area contributed by atoms with Gasteiger partial charge in [0.25, 0.3) is 16.8 Å². The van der Waals surface area contributed by atoms with Gasteiger partial charge in [-0.3, -0.25) is 24.6 Å². The van der Waals surface area contributed by atoms with Gasteiger partial charge in [0, 0.05) is 30.3 Å². The predicted molar refractivity (Wildman–Crippen MR) is 103 cm³/mol. The van der Waals surface area contributed by atoms with Crippen LogP contribution in [0.2, 0.25) is 5.02 Å². The second kappa shape index (κ2) is 7.98. The van der Waals surface area contributed by atoms with E-state index < -0.39 is 4.92 Å². The fourth-order valence-corrected chi connectivity index (χ4v) is 3.64. The molecule has 2 heterocycles. The highest BCUT2D eigenvalue weighted by atomic mass is 35.5. The predicted octanol–water partition coefficient (Wildman–Crippen LogP) is 5.34. The van der Waals surface area contributed by atoms with E-state index in [4.69, 9.17) is 16.0 Å². The first-order chi connectivity index (χ1) is 12.9. The summed E-state index contributed by atoms with van der Waals surface area (Å²) in [6.07, 6.45) is 3.16. The van der Waals surface area contributed by atoms with Crippen molar-refractivity contribution >= 4 is 46.3 Å². The number of thioether (sulfide) groups is 1. The minimum Gasteiger partial charge on any atom is -0.457 e. The molecule has 1 saturated heterocycles. The second-order valence-electron chi connectivity index (χ2n) is 5.81. The van der Waals surface area contributed by atoms with Crippen molar-refractivity contribution in [1.29, 1.82) is 0 Å². The number of unbranched alkanes of at least 4 members (excludes halogenated alkanes) is 1. The standard InChI is InChI=1S/C18H15ClN2O5S/c1-2-3-8-20-17(22)16(27-18(20)23)10-12-5-7-15(26-12)13-6-4-11(21(24)25)9-14(13)19/h4-7,9-10H,2-3,8H2,1H3/b16-10+. The molecule has 27 heavy (non-hydrogen) atoms. The van der Waals surface area contributed by atoms with Crippen LogP contribution in [0.3, 0.4) is 0 Å². The summed E-state index contributed by atoms with van der Waals surface area (Å²) in [6.45, 7) is 2.39. The SMILES string of the molecule is CCCCN1C(=O)S/C(=C/c2ccc(-c3ccc([N+](=O)[O-])cc3Cl)o2)C1=O. The summed E-state index contributed by atoms with van der Waals surface area (Å²) in [5, 5.41) is 10.7. The van der Waals surface area contributed by atoms with Gasteiger partial charge in [-0.05, 0) is 36.4 Å². The van der Waals surface area contributed by atoms with Crippen LogP contribution in [0, 0.1) is 10.1 Å². The number of non-ortho nitro benzene ring substituents is 1. The first-order valence-electron chi connectivity index (χ1n) is 8.20. The Bertz CT molecular complexity index is 953. The molecule has 0 aliphatic carbocycles. The van der Waals surface area contributed by atoms with Gasteiger partial charge in [-0.15, -0.1) is 0 Å². The van der Waals surface area contributed by atoms with Crippen molar-refractivity contribution in [2.45, 2.75) is 19.8 Å². The Hall–Kier alpha value is -2.58. The lowest BCUT2D eigenvalue weighted by Crippen LogP contribution is -2.29. The van der Waals surface area contributed by atoms with Gasteiger partial charge < -0.3 is 4.42 Å². The van der Waals surface area contributed by atoms with Crippen LogP contribution >= 0.6 is 23.4 Å². The Labute approximate surface area is 164 Å². The molecule has 0 saturated carbocycles. The van der Waals surface area contributed by atoms with Crippen molar-refractivity contribution in [3.8, 4) is 11.3 Å². The van der Waals surface area contributed by atoms with Gasteiger partial charge >= 0.3 is 0 Å². The molecule has 0 bridgehead atoms. The summed E-state index contributed by atoms with van der Waals surface area (Å²) in [6, 6.07) is 7.38. The molecule has 0 radical (unpaired) electrons. The van der Waals surface area contributed by atoms with Crippen molar-refractivity contribution < 1.29 is 18.9 Å². The van der Waals surface area contributed by atoms with E-state index in [0.29, 0.717) is 28.5 Å². The zero-order chi connectivity index (χ0) is 19.6. The number of imide groups is 1. The molecule has 1 aromatic carbocycles. The summed E-state index contributed by atoms with van der Waals surface area (Å²) in [7, 11) is 0. The Morgan fingerprint density at radius 1 is 1.30 bits per heavy atom. The van der Waals surface area contributed by atoms with Gasteiger partial charge in [0.1, 0.15) is 11.5 Å². The smallest absolute Gasteiger partial charge is 0.293 e. The molecule has 9 heteroatoms. The number of hydrogen-bond donors (Lipinski definition) is 0. The van der Waals surface area contributed by atoms with Gasteiger partial charge in [-0.2, -0.15) is 0 Å². The molecule has 1 fully saturated rings. The number of hydrogen-bond acceptors (Lipinski definition) is 6. The number of rotatable bonds is 6. The zero-order valence-corrected chi connectivity index (χ0v) is 15.9. The highest BCUT2D eigenvalue weighted by molar-refractivity contribution is 8.18. The van der Waals surface area contributed by atoms with Gasteiger partial charge in [0.05, 0.1) is 14.9 Å². The van der Waals surface area contributed by atoms with Crippen molar-refractivity contribution in [2.75, 3.05) is 6.54 Å². The third-order valence-corrected chi connectivity index (χ3v) is 5.16. The molecule has 0 unspecified atom stereocenters. The van der Waals surface area contributed by atoms with Crippen LogP contribution in [-0.4, -0.2) is 27.5 Å². The number of nitro groups is 1. The van der Waals surface area contributed by atoms with E-state index in [0.717, 1.165) is 24.6 Å². The number of carbonyl (C=O) groups is 2. The molecule has 140 valence electrons. The average molecular weight is 407 g/mol. The molecule has 2 amide bonds. The van der Waals surface area contributed by atoms with Crippen molar-refractivity contribution in [3.05, 3.63) is 56.1 Å². The molecular formula is C18H15ClN2O5S. The molecular weight excluding hydrogens is 392 g/mol. The molecule has 1 aliphatic rings. The molecule has 0 atom stereocenters. The first kappa shape index (κ1) is 19.2. The number of furan rings is 1. The van der Waals surface area contributed by atoms with E-state index >= 15 is 0 Å². The maximum absolute atomic E-state index is 12.3. The van der Waals surface area contributed by atoms with E-state index in [9.17, 15) is 19.7 Å². The molecule has 7 nitrogen and oxygen atoms in total. The van der Waals surface area contributed by atoms with E-state index in [1.807, 2.05) is 6.92 Å².